The number of carbonyl (C=O) groups is 1. The van der Waals surface area contributed by atoms with Crippen LogP contribution in [0.1, 0.15) is 34.1 Å². The Bertz CT molecular complexity index is 868. The van der Waals surface area contributed by atoms with Gasteiger partial charge in [0, 0.05) is 15.9 Å². The molecule has 2 N–H and O–H groups in total. The summed E-state index contributed by atoms with van der Waals surface area (Å²) in [5.74, 6) is -0.0750. The molecule has 1 aliphatic rings. The van der Waals surface area contributed by atoms with Crippen LogP contribution in [-0.4, -0.2) is 10.9 Å². The first-order valence-electron chi connectivity index (χ1n) is 7.37. The smallest absolute Gasteiger partial charge is 0.268 e. The lowest BCUT2D eigenvalue weighted by Gasteiger charge is -2.13. The van der Waals surface area contributed by atoms with Gasteiger partial charge in [0.2, 0.25) is 0 Å². The van der Waals surface area contributed by atoms with Crippen molar-refractivity contribution in [2.24, 2.45) is 0 Å². The fraction of sp³-hybridized carbons (Fsp3) is 0.167. The van der Waals surface area contributed by atoms with Crippen LogP contribution in [0.2, 0.25) is 5.02 Å². The number of benzene rings is 2. The summed E-state index contributed by atoms with van der Waals surface area (Å²) < 4.78 is 0. The molecule has 3 nitrogen and oxygen atoms in total. The van der Waals surface area contributed by atoms with Crippen molar-refractivity contribution in [2.45, 2.75) is 18.9 Å². The third kappa shape index (κ3) is 2.28. The predicted octanol–water partition coefficient (Wildman–Crippen LogP) is 4.24. The van der Waals surface area contributed by atoms with E-state index < -0.39 is 0 Å². The van der Waals surface area contributed by atoms with E-state index >= 15 is 0 Å². The van der Waals surface area contributed by atoms with Gasteiger partial charge >= 0.3 is 0 Å². The van der Waals surface area contributed by atoms with E-state index in [9.17, 15) is 4.79 Å². The number of hydrogen-bond acceptors (Lipinski definition) is 1. The summed E-state index contributed by atoms with van der Waals surface area (Å²) in [6.45, 7) is 0. The van der Waals surface area contributed by atoms with Crippen molar-refractivity contribution in [1.82, 2.24) is 10.3 Å². The lowest BCUT2D eigenvalue weighted by molar-refractivity contribution is 0.0932. The van der Waals surface area contributed by atoms with E-state index in [-0.39, 0.29) is 11.9 Å². The zero-order chi connectivity index (χ0) is 15.1. The molecule has 0 fully saturated rings. The highest BCUT2D eigenvalue weighted by Gasteiger charge is 2.24. The average molecular weight is 311 g/mol. The molecule has 4 heteroatoms. The van der Waals surface area contributed by atoms with Crippen LogP contribution in [-0.2, 0) is 6.42 Å². The van der Waals surface area contributed by atoms with Crippen LogP contribution in [0.5, 0.6) is 0 Å². The lowest BCUT2D eigenvalue weighted by Crippen LogP contribution is -2.27. The van der Waals surface area contributed by atoms with Gasteiger partial charge in [-0.15, -0.1) is 0 Å². The molecule has 0 spiro atoms. The molecule has 1 aliphatic carbocycles. The van der Waals surface area contributed by atoms with Crippen LogP contribution in [0, 0.1) is 0 Å². The van der Waals surface area contributed by atoms with Gasteiger partial charge in [-0.3, -0.25) is 4.79 Å². The molecular weight excluding hydrogens is 296 g/mol. The number of hydrogen-bond donors (Lipinski definition) is 2. The minimum absolute atomic E-state index is 0.0750. The third-order valence-corrected chi connectivity index (χ3v) is 4.50. The van der Waals surface area contributed by atoms with Crippen LogP contribution < -0.4 is 5.32 Å². The first-order valence-corrected chi connectivity index (χ1v) is 7.75. The minimum Gasteiger partial charge on any atom is -0.351 e. The molecule has 1 amide bonds. The topological polar surface area (TPSA) is 44.9 Å². The monoisotopic (exact) mass is 310 g/mol. The molecule has 1 atom stereocenters. The van der Waals surface area contributed by atoms with Gasteiger partial charge in [-0.25, -0.2) is 0 Å². The highest BCUT2D eigenvalue weighted by Crippen LogP contribution is 2.31. The van der Waals surface area contributed by atoms with E-state index in [0.717, 1.165) is 23.7 Å². The van der Waals surface area contributed by atoms with Crippen molar-refractivity contribution in [3.63, 3.8) is 0 Å². The van der Waals surface area contributed by atoms with Gasteiger partial charge in [0.1, 0.15) is 5.69 Å². The zero-order valence-corrected chi connectivity index (χ0v) is 12.7. The molecule has 4 rings (SSSR count). The number of H-pyrrole nitrogens is 1. The summed E-state index contributed by atoms with van der Waals surface area (Å²) in [7, 11) is 0. The van der Waals surface area contributed by atoms with Crippen molar-refractivity contribution < 1.29 is 4.79 Å². The molecule has 0 aliphatic heterocycles. The summed E-state index contributed by atoms with van der Waals surface area (Å²) in [6.07, 6.45) is 1.97. The minimum atomic E-state index is -0.0750. The number of amides is 1. The van der Waals surface area contributed by atoms with Crippen molar-refractivity contribution >= 4 is 28.4 Å². The van der Waals surface area contributed by atoms with Gasteiger partial charge in [0.15, 0.2) is 0 Å². The molecule has 0 bridgehead atoms. The number of aromatic amines is 1. The van der Waals surface area contributed by atoms with Gasteiger partial charge in [-0.1, -0.05) is 35.9 Å². The van der Waals surface area contributed by atoms with Crippen LogP contribution in [0.25, 0.3) is 10.9 Å². The van der Waals surface area contributed by atoms with Crippen molar-refractivity contribution in [1.29, 1.82) is 0 Å². The Balaban J connectivity index is 1.59. The molecule has 0 radical (unpaired) electrons. The fourth-order valence-corrected chi connectivity index (χ4v) is 3.35. The maximum absolute atomic E-state index is 12.5. The van der Waals surface area contributed by atoms with Gasteiger partial charge in [-0.2, -0.15) is 0 Å². The number of carbonyl (C=O) groups excluding carboxylic acids is 1. The van der Waals surface area contributed by atoms with E-state index in [1.54, 1.807) is 0 Å². The number of nitrogens with one attached hydrogen (secondary N) is 2. The summed E-state index contributed by atoms with van der Waals surface area (Å²) in [6, 6.07) is 15.8. The Labute approximate surface area is 133 Å². The van der Waals surface area contributed by atoms with Gasteiger partial charge in [0.25, 0.3) is 5.91 Å². The molecule has 3 aromatic rings. The Morgan fingerprint density at radius 2 is 2.05 bits per heavy atom. The van der Waals surface area contributed by atoms with Crippen LogP contribution in [0.3, 0.4) is 0 Å². The zero-order valence-electron chi connectivity index (χ0n) is 11.9. The van der Waals surface area contributed by atoms with Gasteiger partial charge < -0.3 is 10.3 Å². The number of aromatic nitrogens is 1. The van der Waals surface area contributed by atoms with Gasteiger partial charge in [0.05, 0.1) is 6.04 Å². The summed E-state index contributed by atoms with van der Waals surface area (Å²) in [5, 5.41) is 4.74. The molecule has 110 valence electrons. The number of halogens is 1. The Hall–Kier alpha value is -2.26. The van der Waals surface area contributed by atoms with Crippen molar-refractivity contribution in [2.75, 3.05) is 0 Å². The highest BCUT2D eigenvalue weighted by atomic mass is 35.5. The molecule has 22 heavy (non-hydrogen) atoms. The van der Waals surface area contributed by atoms with Crippen molar-refractivity contribution in [3.8, 4) is 0 Å². The largest absolute Gasteiger partial charge is 0.351 e. The maximum Gasteiger partial charge on any atom is 0.268 e. The predicted molar refractivity (Wildman–Crippen MR) is 88.3 cm³/mol. The molecule has 0 saturated carbocycles. The SMILES string of the molecule is O=C(N[C@@H]1CCc2ccccc21)c1cc2cc(Cl)ccc2[nH]1. The number of fused-ring (bicyclic) bond motifs is 2. The van der Waals surface area contributed by atoms with Gasteiger partial charge in [-0.05, 0) is 48.2 Å². The quantitative estimate of drug-likeness (QED) is 0.730. The Morgan fingerprint density at radius 3 is 2.95 bits per heavy atom. The Kier molecular flexibility index (Phi) is 3.16. The molecule has 1 aromatic heterocycles. The van der Waals surface area contributed by atoms with E-state index in [2.05, 4.69) is 22.4 Å². The van der Waals surface area contributed by atoms with E-state index in [0.29, 0.717) is 10.7 Å². The fourth-order valence-electron chi connectivity index (χ4n) is 3.17. The van der Waals surface area contributed by atoms with Crippen LogP contribution >= 0.6 is 11.6 Å². The number of aryl methyl sites for hydroxylation is 1. The maximum atomic E-state index is 12.5. The van der Waals surface area contributed by atoms with E-state index in [1.807, 2.05) is 36.4 Å². The van der Waals surface area contributed by atoms with Crippen LogP contribution in [0.15, 0.2) is 48.5 Å². The highest BCUT2D eigenvalue weighted by molar-refractivity contribution is 6.31. The summed E-state index contributed by atoms with van der Waals surface area (Å²) in [5.41, 5.74) is 4.05. The molecule has 0 saturated heterocycles. The second kappa shape index (κ2) is 5.18. The lowest BCUT2D eigenvalue weighted by atomic mass is 10.1. The summed E-state index contributed by atoms with van der Waals surface area (Å²) in [4.78, 5) is 15.6. The van der Waals surface area contributed by atoms with Crippen LogP contribution in [0.4, 0.5) is 0 Å². The van der Waals surface area contributed by atoms with E-state index in [1.165, 1.54) is 11.1 Å². The molecule has 0 unspecified atom stereocenters. The standard InChI is InChI=1S/C18H15ClN2O/c19-13-6-8-15-12(9-13)10-17(20-15)18(22)21-16-7-5-11-3-1-2-4-14(11)16/h1-4,6,8-10,16,20H,5,7H2,(H,21,22)/t16-/m1/s1. The molecular formula is C18H15ClN2O. The van der Waals surface area contributed by atoms with Crippen molar-refractivity contribution in [3.05, 3.63) is 70.4 Å². The van der Waals surface area contributed by atoms with E-state index in [4.69, 9.17) is 11.6 Å². The Morgan fingerprint density at radius 1 is 1.18 bits per heavy atom. The normalized spacial score (nSPS) is 16.7. The second-order valence-electron chi connectivity index (χ2n) is 5.68. The second-order valence-corrected chi connectivity index (χ2v) is 6.11. The number of rotatable bonds is 2. The average Bonchev–Trinajstić information content (AvgIpc) is 3.11. The molecule has 1 heterocycles. The summed E-state index contributed by atoms with van der Waals surface area (Å²) >= 11 is 5.99. The first kappa shape index (κ1) is 13.4. The molecule has 2 aromatic carbocycles. The first-order chi connectivity index (χ1) is 10.7. The third-order valence-electron chi connectivity index (χ3n) is 4.27.